The van der Waals surface area contributed by atoms with Gasteiger partial charge in [0.15, 0.2) is 0 Å². The Kier molecular flexibility index (Phi) is 17.8. The molecule has 20 atom stereocenters. The molecule has 4 aromatic heterocycles. The van der Waals surface area contributed by atoms with Crippen molar-refractivity contribution in [2.75, 3.05) is 26.4 Å². The van der Waals surface area contributed by atoms with Crippen molar-refractivity contribution in [3.63, 3.8) is 0 Å². The number of rotatable bonds is 22. The number of aromatic nitrogens is 8. The zero-order valence-corrected chi connectivity index (χ0v) is 40.4. The topological polar surface area (TPSA) is 419 Å². The van der Waals surface area contributed by atoms with Crippen LogP contribution in [0.15, 0.2) is 99.1 Å². The van der Waals surface area contributed by atoms with Crippen molar-refractivity contribution in [3.8, 4) is 0 Å². The molecular formula is C36H49N8O24P4+5. The molecule has 32 nitrogen and oxygen atoms in total. The smallest absolute Gasteiger partial charge is 0.387 e. The van der Waals surface area contributed by atoms with Gasteiger partial charge in [-0.25, -0.2) is 32.0 Å². The molecule has 4 aliphatic heterocycles. The van der Waals surface area contributed by atoms with E-state index in [0.29, 0.717) is 0 Å². The zero-order valence-electron chi connectivity index (χ0n) is 36.8. The normalized spacial score (nSPS) is 35.4. The summed E-state index contributed by atoms with van der Waals surface area (Å²) in [6.07, 6.45) is -9.35. The van der Waals surface area contributed by atoms with E-state index >= 15 is 0 Å². The molecule has 0 amide bonds. The lowest BCUT2D eigenvalue weighted by Crippen LogP contribution is -2.46. The first-order valence-corrected chi connectivity index (χ1v) is 26.9. The molecule has 4 saturated heterocycles. The van der Waals surface area contributed by atoms with Gasteiger partial charge in [-0.1, -0.05) is 19.9 Å². The second-order valence-corrected chi connectivity index (χ2v) is 21.0. The molecule has 4 unspecified atom stereocenters. The lowest BCUT2D eigenvalue weighted by atomic mass is 10.1. The van der Waals surface area contributed by atoms with Gasteiger partial charge in [0.2, 0.25) is 24.9 Å². The van der Waals surface area contributed by atoms with Crippen LogP contribution in [0.2, 0.25) is 0 Å². The molecule has 4 aliphatic rings. The zero-order chi connectivity index (χ0) is 51.4. The predicted molar refractivity (Wildman–Crippen MR) is 221 cm³/mol. The minimum Gasteiger partial charge on any atom is -0.387 e. The van der Waals surface area contributed by atoms with E-state index in [1.165, 1.54) is 117 Å². The highest BCUT2D eigenvalue weighted by Crippen LogP contribution is 2.53. The first-order chi connectivity index (χ1) is 34.3. The highest BCUT2D eigenvalue weighted by Gasteiger charge is 2.56. The first kappa shape index (κ1) is 54.6. The third-order valence-electron chi connectivity index (χ3n) is 11.3. The van der Waals surface area contributed by atoms with E-state index < -0.39 is 156 Å². The van der Waals surface area contributed by atoms with Gasteiger partial charge in [0, 0.05) is 28.8 Å². The molecule has 0 spiro atoms. The van der Waals surface area contributed by atoms with E-state index in [4.69, 9.17) is 50.6 Å². The SMILES string of the molecule is O=[P+](O)OC[C@H]1O[C@@H]([n+]2cccnc2)[C@H](O)[C@@H]1OP(=O)(O)OC[C@H]1O[C@@H]([n+]2cccnc2)[C@H](O)[C@@H]1OP(=O)(O)OC[C@H]1O[C@@H]([n+]2cccnc2)[C@H](O)[C@@H]1OP(=O)(O)OC[C@H]1O[C@@H]([n+]2cccnc2)[C@H](O)[C@@H]1O. The van der Waals surface area contributed by atoms with E-state index in [1.807, 2.05) is 0 Å². The summed E-state index contributed by atoms with van der Waals surface area (Å²) in [5, 5.41) is 55.2. The lowest BCUT2D eigenvalue weighted by Gasteiger charge is -2.26. The summed E-state index contributed by atoms with van der Waals surface area (Å²) in [6.45, 7) is -3.61. The number of aliphatic hydroxyl groups is 5. The van der Waals surface area contributed by atoms with E-state index in [-0.39, 0.29) is 0 Å². The van der Waals surface area contributed by atoms with Crippen molar-refractivity contribution in [3.05, 3.63) is 99.1 Å². The van der Waals surface area contributed by atoms with Crippen molar-refractivity contribution < 1.29 is 132 Å². The van der Waals surface area contributed by atoms with Crippen molar-refractivity contribution in [1.29, 1.82) is 0 Å². The summed E-state index contributed by atoms with van der Waals surface area (Å²) in [5.41, 5.74) is 0. The Morgan fingerprint density at radius 2 is 0.750 bits per heavy atom. The van der Waals surface area contributed by atoms with Crippen LogP contribution in [0.25, 0.3) is 0 Å². The van der Waals surface area contributed by atoms with Crippen LogP contribution in [0.1, 0.15) is 24.9 Å². The molecule has 8 heterocycles. The van der Waals surface area contributed by atoms with E-state index in [2.05, 4.69) is 19.9 Å². The van der Waals surface area contributed by atoms with Gasteiger partial charge in [-0.15, -0.1) is 9.42 Å². The Morgan fingerprint density at radius 1 is 0.458 bits per heavy atom. The van der Waals surface area contributed by atoms with Crippen molar-refractivity contribution in [2.24, 2.45) is 0 Å². The van der Waals surface area contributed by atoms with Crippen molar-refractivity contribution >= 4 is 31.7 Å². The third-order valence-corrected chi connectivity index (χ3v) is 14.6. The van der Waals surface area contributed by atoms with Crippen LogP contribution in [0, 0.1) is 0 Å². The molecule has 36 heteroatoms. The molecule has 4 fully saturated rings. The van der Waals surface area contributed by atoms with Crippen LogP contribution in [-0.2, 0) is 68.9 Å². The number of nitrogens with zero attached hydrogens (tertiary/aromatic N) is 8. The Hall–Kier alpha value is -3.69. The summed E-state index contributed by atoms with van der Waals surface area (Å²) < 4.78 is 117. The largest absolute Gasteiger partial charge is 0.694 e. The van der Waals surface area contributed by atoms with Gasteiger partial charge in [0.05, 0.1) is 44.6 Å². The van der Waals surface area contributed by atoms with Gasteiger partial charge >= 0.3 is 31.7 Å². The van der Waals surface area contributed by atoms with Gasteiger partial charge in [-0.05, 0) is 0 Å². The second kappa shape index (κ2) is 23.5. The minimum absolute atomic E-state index is 0.706. The van der Waals surface area contributed by atoms with Gasteiger partial charge in [-0.2, -0.15) is 0 Å². The number of phosphoric acid groups is 3. The van der Waals surface area contributed by atoms with Crippen LogP contribution >= 0.6 is 31.7 Å². The number of hydrogen-bond acceptors (Lipinski definition) is 24. The van der Waals surface area contributed by atoms with Gasteiger partial charge < -0.3 is 59.2 Å². The van der Waals surface area contributed by atoms with Gasteiger partial charge in [0.1, 0.15) is 105 Å². The fraction of sp³-hybridized carbons (Fsp3) is 0.556. The molecule has 4 aromatic rings. The average Bonchev–Trinajstić information content (AvgIpc) is 4.05. The highest BCUT2D eigenvalue weighted by molar-refractivity contribution is 7.48. The molecule has 0 aliphatic carbocycles. The molecule has 0 saturated carbocycles. The van der Waals surface area contributed by atoms with E-state index in [0.717, 1.165) is 0 Å². The number of ether oxygens (including phenoxy) is 4. The Bertz CT molecular complexity index is 2570. The molecule has 72 heavy (non-hydrogen) atoms. The summed E-state index contributed by atoms with van der Waals surface area (Å²) in [5.74, 6) is 0. The maximum Gasteiger partial charge on any atom is 0.694 e. The molecule has 0 radical (unpaired) electrons. The molecular weight excluding hydrogens is 1050 g/mol. The highest BCUT2D eigenvalue weighted by atomic mass is 31.2. The summed E-state index contributed by atoms with van der Waals surface area (Å²) in [4.78, 5) is 57.9. The Labute approximate surface area is 406 Å². The monoisotopic (exact) mass is 1100 g/mol. The fourth-order valence-electron chi connectivity index (χ4n) is 7.96. The van der Waals surface area contributed by atoms with Crippen LogP contribution in [0.5, 0.6) is 0 Å². The lowest BCUT2D eigenvalue weighted by molar-refractivity contribution is -0.768. The molecule has 392 valence electrons. The third kappa shape index (κ3) is 13.2. The minimum atomic E-state index is -5.48. The average molecular weight is 1100 g/mol. The van der Waals surface area contributed by atoms with Crippen LogP contribution < -0.4 is 18.3 Å². The maximum absolute atomic E-state index is 13.8. The molecule has 0 aromatic carbocycles. The van der Waals surface area contributed by atoms with Gasteiger partial charge in [0.25, 0.3) is 25.3 Å². The van der Waals surface area contributed by atoms with E-state index in [1.54, 1.807) is 0 Å². The second-order valence-electron chi connectivity index (χ2n) is 16.1. The van der Waals surface area contributed by atoms with Crippen LogP contribution in [-0.4, -0.2) is 165 Å². The quantitative estimate of drug-likeness (QED) is 0.0268. The number of phosphoric ester groups is 3. The van der Waals surface area contributed by atoms with Crippen molar-refractivity contribution in [1.82, 2.24) is 19.9 Å². The number of aliphatic hydroxyl groups excluding tert-OH is 5. The number of hydrogen-bond donors (Lipinski definition) is 9. The first-order valence-electron chi connectivity index (χ1n) is 21.3. The Balaban J connectivity index is 0.946. The standard InChI is InChI=1S/C36H45N8O24P4/c45-25-21(62-33(26(25)46)41-9-1-5-37-17-41)14-59-70(52,53)67-31-23(64-35(28(31)48)43-11-3-7-39-19-43)16-61-72(56,57)68-32-24(65-36(29(32)49)44-12-4-8-40-20-44)15-60-71(54,55)66-30-22(13-58-69(50)51)63-34(27(30)47)42-10-2-6-38-18-42/h1-12,17-36,45-49H,13-16H2/q+1/p+4/t21-,22-,23-,24-,25-,26-,27-,28-,29-,30-,31-,32-,33-,34-,35-,36-/m1/s1. The maximum atomic E-state index is 13.8. The predicted octanol–water partition coefficient (Wildman–Crippen LogP) is -3.92. The van der Waals surface area contributed by atoms with Crippen LogP contribution in [0.3, 0.4) is 0 Å². The molecule has 9 N–H and O–H groups in total. The summed E-state index contributed by atoms with van der Waals surface area (Å²) in [6, 6.07) is 5.92. The van der Waals surface area contributed by atoms with Crippen LogP contribution in [0.4, 0.5) is 0 Å². The molecule has 8 rings (SSSR count). The van der Waals surface area contributed by atoms with E-state index in [9.17, 15) is 63.4 Å². The van der Waals surface area contributed by atoms with Crippen molar-refractivity contribution in [2.45, 2.75) is 98.2 Å². The summed E-state index contributed by atoms with van der Waals surface area (Å²) in [7, 11) is -19.3. The fourth-order valence-corrected chi connectivity index (χ4v) is 11.1. The Morgan fingerprint density at radius 3 is 1.06 bits per heavy atom. The molecule has 0 bridgehead atoms. The summed E-state index contributed by atoms with van der Waals surface area (Å²) >= 11 is 0. The van der Waals surface area contributed by atoms with Gasteiger partial charge in [-0.3, -0.25) is 27.1 Å².